The molecule has 193 valence electrons. The van der Waals surface area contributed by atoms with E-state index in [4.69, 9.17) is 19.2 Å². The van der Waals surface area contributed by atoms with Crippen LogP contribution in [0.25, 0.3) is 0 Å². The number of fused-ring (bicyclic) bond motifs is 2. The maximum Gasteiger partial charge on any atom is 0.466 e. The third-order valence-electron chi connectivity index (χ3n) is 6.55. The molecule has 1 heterocycles. The zero-order valence-electron chi connectivity index (χ0n) is 23.8. The van der Waals surface area contributed by atoms with Crippen molar-refractivity contribution >= 4 is 31.9 Å². The van der Waals surface area contributed by atoms with Gasteiger partial charge in [0.25, 0.3) is 0 Å². The molecule has 1 aliphatic heterocycles. The first-order valence-corrected chi connectivity index (χ1v) is 15.1. The minimum Gasteiger partial charge on any atom is -0.303 e. The number of hydrogen-bond acceptors (Lipinski definition) is 1. The number of phosphoric acid groups is 1. The van der Waals surface area contributed by atoms with Crippen LogP contribution in [-0.2, 0) is 32.6 Å². The van der Waals surface area contributed by atoms with Crippen molar-refractivity contribution < 1.29 is 19.2 Å². The average molecular weight is 516 g/mol. The summed E-state index contributed by atoms with van der Waals surface area (Å²) < 4.78 is 12.2. The lowest BCUT2D eigenvalue weighted by Crippen LogP contribution is -2.46. The van der Waals surface area contributed by atoms with Gasteiger partial charge in [0, 0.05) is 0 Å². The van der Waals surface area contributed by atoms with Gasteiger partial charge < -0.3 is 14.7 Å². The van der Waals surface area contributed by atoms with Crippen molar-refractivity contribution in [1.82, 2.24) is 0 Å². The molecule has 0 saturated heterocycles. The molecule has 1 radical (unpaired) electrons. The van der Waals surface area contributed by atoms with Gasteiger partial charge in [-0.1, -0.05) is 130 Å². The van der Waals surface area contributed by atoms with Crippen molar-refractivity contribution in [3.8, 4) is 0 Å². The van der Waals surface area contributed by atoms with Crippen molar-refractivity contribution in [3.63, 3.8) is 0 Å². The molecule has 0 fully saturated rings. The third-order valence-corrected chi connectivity index (χ3v) is 8.49. The van der Waals surface area contributed by atoms with Crippen molar-refractivity contribution in [1.29, 1.82) is 0 Å². The van der Waals surface area contributed by atoms with E-state index in [1.54, 1.807) is 31.1 Å². The van der Waals surface area contributed by atoms with Crippen LogP contribution in [0.5, 0.6) is 0 Å². The molecule has 6 heteroatoms. The second kappa shape index (κ2) is 9.75. The van der Waals surface area contributed by atoms with Crippen molar-refractivity contribution in [2.45, 2.75) is 111 Å². The molecule has 0 unspecified atom stereocenters. The molecule has 0 saturated carbocycles. The number of hydrogen-bond donors (Lipinski definition) is 3. The van der Waals surface area contributed by atoms with Crippen LogP contribution in [0.4, 0.5) is 0 Å². The molecule has 35 heavy (non-hydrogen) atoms. The highest BCUT2D eigenvalue weighted by Gasteiger charge is 2.32. The smallest absolute Gasteiger partial charge is 0.303 e. The topological polar surface area (TPSA) is 77.8 Å². The van der Waals surface area contributed by atoms with Gasteiger partial charge in [-0.3, -0.25) is 0 Å². The maximum atomic E-state index is 8.88. The van der Waals surface area contributed by atoms with Gasteiger partial charge in [-0.15, -0.1) is 8.85 Å². The summed E-state index contributed by atoms with van der Waals surface area (Å²) in [6.07, 6.45) is 1.08. The fourth-order valence-electron chi connectivity index (χ4n) is 4.52. The lowest BCUT2D eigenvalue weighted by atomic mass is 9.77. The molecule has 3 rings (SSSR count). The van der Waals surface area contributed by atoms with Crippen LogP contribution in [0.2, 0.25) is 0 Å². The molecular weight excluding hydrogens is 470 g/mol. The van der Waals surface area contributed by atoms with E-state index in [1.165, 1.54) is 11.1 Å². The molecule has 4 nitrogen and oxygen atoms in total. The lowest BCUT2D eigenvalue weighted by Gasteiger charge is -2.36. The Kier molecular flexibility index (Phi) is 8.45. The zero-order chi connectivity index (χ0) is 27.4. The third kappa shape index (κ3) is 8.03. The molecule has 2 aromatic rings. The Morgan fingerprint density at radius 1 is 0.600 bits per heavy atom. The fraction of sp³-hybridized carbons (Fsp3) is 0.586. The Bertz CT molecular complexity index is 1050. The van der Waals surface area contributed by atoms with Gasteiger partial charge in [0.2, 0.25) is 0 Å². The van der Waals surface area contributed by atoms with Gasteiger partial charge in [0.1, 0.15) is 0 Å². The Hall–Kier alpha value is -0.918. The summed E-state index contributed by atoms with van der Waals surface area (Å²) in [5, 5.41) is 0. The van der Waals surface area contributed by atoms with Gasteiger partial charge in [0.05, 0.1) is 0 Å². The molecule has 0 aliphatic carbocycles. The van der Waals surface area contributed by atoms with Gasteiger partial charge in [0.15, 0.2) is 0 Å². The van der Waals surface area contributed by atoms with Crippen molar-refractivity contribution in [3.05, 3.63) is 57.6 Å². The second-order valence-electron chi connectivity index (χ2n) is 14.0. The molecule has 0 aromatic heterocycles. The first-order chi connectivity index (χ1) is 15.4. The standard InChI is InChI=1S/C29H42.Al.H3O4P/c1-26(2,3)22-14-20(15-23(18-22)27(4,5)6)13-21-16-24(28(7,8)9)19-25(17-21)29(10,11)12;;1-5(2,3)4/h14,16,18-19H,13H2,1-12H3;;(H3,1,2,3,4). The van der Waals surface area contributed by atoms with Gasteiger partial charge >= 0.3 is 23.0 Å². The van der Waals surface area contributed by atoms with E-state index in [-0.39, 0.29) is 36.9 Å². The van der Waals surface area contributed by atoms with E-state index in [0.29, 0.717) is 0 Å². The molecule has 0 atom stereocenters. The molecule has 0 bridgehead atoms. The summed E-state index contributed by atoms with van der Waals surface area (Å²) in [7, 11) is -4.64. The van der Waals surface area contributed by atoms with Crippen molar-refractivity contribution in [2.24, 2.45) is 0 Å². The number of benzene rings is 2. The highest BCUT2D eigenvalue weighted by atomic mass is 31.2. The normalized spacial score (nSPS) is 14.4. The first-order valence-electron chi connectivity index (χ1n) is 12.4. The molecule has 0 amide bonds. The van der Waals surface area contributed by atoms with E-state index >= 15 is 0 Å². The minimum absolute atomic E-state index is 0.108. The summed E-state index contributed by atoms with van der Waals surface area (Å²) in [6, 6.07) is 10.1. The van der Waals surface area contributed by atoms with Crippen LogP contribution in [-0.4, -0.2) is 29.9 Å². The van der Waals surface area contributed by atoms with Crippen LogP contribution < -0.4 is 8.85 Å². The maximum absolute atomic E-state index is 8.88. The zero-order valence-corrected chi connectivity index (χ0v) is 25.8. The van der Waals surface area contributed by atoms with E-state index in [9.17, 15) is 0 Å². The molecule has 3 N–H and O–H groups in total. The highest BCUT2D eigenvalue weighted by Crippen LogP contribution is 2.34. The average Bonchev–Trinajstić information content (AvgIpc) is 2.59. The van der Waals surface area contributed by atoms with Gasteiger partial charge in [-0.25, -0.2) is 4.57 Å². The van der Waals surface area contributed by atoms with Crippen LogP contribution in [0, 0.1) is 0 Å². The SMILES string of the molecule is CC(C)(C)c1cc2[c](c(C(C)(C)C)c1)[Al][c]1c(cc(C(C)(C)C)cc1C(C)(C)C)C2.O=P(O)(O)O. The molecule has 2 aromatic carbocycles. The Labute approximate surface area is 219 Å². The summed E-state index contributed by atoms with van der Waals surface area (Å²) in [6.45, 7) is 28.4. The van der Waals surface area contributed by atoms with E-state index in [2.05, 4.69) is 107 Å². The van der Waals surface area contributed by atoms with Gasteiger partial charge in [-0.05, 0) is 39.2 Å². The molecule has 1 aliphatic rings. The van der Waals surface area contributed by atoms with E-state index < -0.39 is 7.82 Å². The monoisotopic (exact) mass is 515 g/mol. The fourth-order valence-corrected chi connectivity index (χ4v) is 6.89. The van der Waals surface area contributed by atoms with E-state index in [0.717, 1.165) is 6.42 Å². The summed E-state index contributed by atoms with van der Waals surface area (Å²) >= 11 is 0.108. The van der Waals surface area contributed by atoms with Crippen LogP contribution >= 0.6 is 7.82 Å². The molecule has 0 spiro atoms. The van der Waals surface area contributed by atoms with Crippen LogP contribution in [0.15, 0.2) is 24.3 Å². The van der Waals surface area contributed by atoms with Crippen molar-refractivity contribution in [2.75, 3.05) is 0 Å². The predicted octanol–water partition coefficient (Wildman–Crippen LogP) is 5.51. The quantitative estimate of drug-likeness (QED) is 0.273. The largest absolute Gasteiger partial charge is 0.466 e. The second-order valence-corrected chi connectivity index (χ2v) is 16.5. The summed E-state index contributed by atoms with van der Waals surface area (Å²) in [4.78, 5) is 21.6. The van der Waals surface area contributed by atoms with E-state index in [1.807, 2.05) is 0 Å². The van der Waals surface area contributed by atoms with Crippen LogP contribution in [0.3, 0.4) is 0 Å². The minimum atomic E-state index is -4.64. The summed E-state index contributed by atoms with van der Waals surface area (Å²) in [5.74, 6) is 0. The Balaban J connectivity index is 0.000000784. The van der Waals surface area contributed by atoms with Crippen LogP contribution in [0.1, 0.15) is 116 Å². The predicted molar refractivity (Wildman–Crippen MR) is 150 cm³/mol. The van der Waals surface area contributed by atoms with Gasteiger partial charge in [-0.2, -0.15) is 0 Å². The molecular formula is C29H45AlO4P. The summed E-state index contributed by atoms with van der Waals surface area (Å²) in [5.41, 5.74) is 9.97. The first kappa shape index (κ1) is 30.3. The number of rotatable bonds is 0. The lowest BCUT2D eigenvalue weighted by molar-refractivity contribution is 0.275. The Morgan fingerprint density at radius 3 is 1.11 bits per heavy atom. The highest BCUT2D eigenvalue weighted by molar-refractivity contribution is 7.45. The Morgan fingerprint density at radius 2 is 0.886 bits per heavy atom.